The maximum absolute atomic E-state index is 13.6. The molecule has 1 aromatic heterocycles. The predicted molar refractivity (Wildman–Crippen MR) is 135 cm³/mol. The van der Waals surface area contributed by atoms with Crippen LogP contribution in [0.25, 0.3) is 10.9 Å². The Labute approximate surface area is 199 Å². The smallest absolute Gasteiger partial charge is 0.195 e. The minimum Gasteiger partial charge on any atom is -0.496 e. The average molecular weight is 456 g/mol. The molecule has 1 aliphatic rings. The van der Waals surface area contributed by atoms with E-state index in [-0.39, 0.29) is 5.78 Å². The number of ether oxygens (including phenoxy) is 1. The van der Waals surface area contributed by atoms with Crippen LogP contribution in [0.5, 0.6) is 5.75 Å². The Morgan fingerprint density at radius 1 is 0.912 bits per heavy atom. The van der Waals surface area contributed by atoms with Crippen LogP contribution in [0.4, 0.5) is 5.69 Å². The van der Waals surface area contributed by atoms with Gasteiger partial charge in [-0.15, -0.1) is 0 Å². The number of aromatic amines is 1. The van der Waals surface area contributed by atoms with E-state index in [1.807, 2.05) is 66.7 Å². The Hall–Kier alpha value is -3.61. The first-order valence-electron chi connectivity index (χ1n) is 11.6. The van der Waals surface area contributed by atoms with E-state index in [9.17, 15) is 9.90 Å². The molecule has 3 aromatic carbocycles. The third-order valence-corrected chi connectivity index (χ3v) is 6.71. The first-order valence-corrected chi connectivity index (χ1v) is 11.6. The second-order valence-electron chi connectivity index (χ2n) is 8.60. The number of aromatic nitrogens is 1. The number of fused-ring (bicyclic) bond motifs is 1. The molecule has 0 unspecified atom stereocenters. The zero-order valence-corrected chi connectivity index (χ0v) is 19.2. The number of piperazine rings is 1. The van der Waals surface area contributed by atoms with Crippen LogP contribution in [0.1, 0.15) is 22.0 Å². The summed E-state index contributed by atoms with van der Waals surface area (Å²) in [4.78, 5) is 21.3. The van der Waals surface area contributed by atoms with E-state index in [0.29, 0.717) is 11.3 Å². The van der Waals surface area contributed by atoms with Crippen molar-refractivity contribution in [3.05, 3.63) is 96.2 Å². The quantitative estimate of drug-likeness (QED) is 0.407. The van der Waals surface area contributed by atoms with Crippen LogP contribution in [0.2, 0.25) is 0 Å². The molecule has 1 fully saturated rings. The highest BCUT2D eigenvalue weighted by molar-refractivity contribution is 6.10. The number of Topliss-reactive ketones (excluding diaryl/α,β-unsaturated/α-hetero) is 1. The molecule has 174 valence electrons. The average Bonchev–Trinajstić information content (AvgIpc) is 3.34. The van der Waals surface area contributed by atoms with Crippen LogP contribution in [0, 0.1) is 0 Å². The van der Waals surface area contributed by atoms with Gasteiger partial charge < -0.3 is 19.7 Å². The van der Waals surface area contributed by atoms with E-state index < -0.39 is 12.1 Å². The minimum atomic E-state index is -1.24. The molecule has 2 atom stereocenters. The fourth-order valence-electron chi connectivity index (χ4n) is 4.95. The molecule has 0 radical (unpaired) electrons. The lowest BCUT2D eigenvalue weighted by atomic mass is 9.92. The SMILES string of the molecule is COc1ccccc1[C@H]([C@@H](O)C(=O)c1c[nH]c2ccccc12)N1CCN(c2ccccc2)CC1. The zero-order valence-electron chi connectivity index (χ0n) is 19.2. The molecule has 0 amide bonds. The summed E-state index contributed by atoms with van der Waals surface area (Å²) in [6.07, 6.45) is 0.460. The van der Waals surface area contributed by atoms with Gasteiger partial charge >= 0.3 is 0 Å². The number of rotatable bonds is 7. The van der Waals surface area contributed by atoms with Crippen LogP contribution in [-0.4, -0.2) is 60.2 Å². The van der Waals surface area contributed by atoms with Crippen molar-refractivity contribution in [2.75, 3.05) is 38.2 Å². The Bertz CT molecular complexity index is 1260. The van der Waals surface area contributed by atoms with Crippen LogP contribution in [0.15, 0.2) is 85.1 Å². The molecule has 6 nitrogen and oxygen atoms in total. The number of hydrogen-bond acceptors (Lipinski definition) is 5. The monoisotopic (exact) mass is 455 g/mol. The van der Waals surface area contributed by atoms with E-state index in [1.54, 1.807) is 13.3 Å². The molecule has 0 saturated carbocycles. The summed E-state index contributed by atoms with van der Waals surface area (Å²) >= 11 is 0. The van der Waals surface area contributed by atoms with Crippen molar-refractivity contribution in [3.8, 4) is 5.75 Å². The van der Waals surface area contributed by atoms with Crippen molar-refractivity contribution >= 4 is 22.4 Å². The molecule has 6 heteroatoms. The fraction of sp³-hybridized carbons (Fsp3) is 0.250. The van der Waals surface area contributed by atoms with Gasteiger partial charge in [-0.25, -0.2) is 0 Å². The highest BCUT2D eigenvalue weighted by atomic mass is 16.5. The molecule has 2 heterocycles. The van der Waals surface area contributed by atoms with Gasteiger partial charge in [0.25, 0.3) is 0 Å². The Morgan fingerprint density at radius 3 is 2.35 bits per heavy atom. The lowest BCUT2D eigenvalue weighted by Gasteiger charge is -2.42. The number of ketones is 1. The summed E-state index contributed by atoms with van der Waals surface area (Å²) in [5, 5.41) is 12.4. The number of aliphatic hydroxyl groups excluding tert-OH is 1. The fourth-order valence-corrected chi connectivity index (χ4v) is 4.95. The minimum absolute atomic E-state index is 0.293. The lowest BCUT2D eigenvalue weighted by Crippen LogP contribution is -2.51. The van der Waals surface area contributed by atoms with Gasteiger partial charge in [0.15, 0.2) is 5.78 Å². The Balaban J connectivity index is 1.46. The number of aliphatic hydroxyl groups is 1. The molecule has 0 bridgehead atoms. The molecule has 5 rings (SSSR count). The van der Waals surface area contributed by atoms with Gasteiger partial charge in [-0.05, 0) is 24.3 Å². The van der Waals surface area contributed by atoms with Gasteiger partial charge in [0.1, 0.15) is 11.9 Å². The van der Waals surface area contributed by atoms with Crippen molar-refractivity contribution in [2.24, 2.45) is 0 Å². The van der Waals surface area contributed by atoms with Gasteiger partial charge in [0, 0.05) is 60.1 Å². The number of anilines is 1. The molecule has 2 N–H and O–H groups in total. The third-order valence-electron chi connectivity index (χ3n) is 6.71. The molecular weight excluding hydrogens is 426 g/mol. The number of benzene rings is 3. The van der Waals surface area contributed by atoms with Crippen molar-refractivity contribution in [1.82, 2.24) is 9.88 Å². The van der Waals surface area contributed by atoms with E-state index in [1.165, 1.54) is 5.69 Å². The predicted octanol–water partition coefficient (Wildman–Crippen LogP) is 4.28. The van der Waals surface area contributed by atoms with Crippen LogP contribution >= 0.6 is 0 Å². The van der Waals surface area contributed by atoms with E-state index in [2.05, 4.69) is 26.9 Å². The number of carbonyl (C=O) groups excluding carboxylic acids is 1. The maximum atomic E-state index is 13.6. The summed E-state index contributed by atoms with van der Waals surface area (Å²) in [5.41, 5.74) is 3.39. The van der Waals surface area contributed by atoms with Crippen molar-refractivity contribution in [1.29, 1.82) is 0 Å². The molecule has 0 spiro atoms. The number of para-hydroxylation sites is 3. The summed E-state index contributed by atoms with van der Waals surface area (Å²) in [6, 6.07) is 25.1. The number of H-pyrrole nitrogens is 1. The van der Waals surface area contributed by atoms with Gasteiger partial charge in [-0.1, -0.05) is 54.6 Å². The lowest BCUT2D eigenvalue weighted by molar-refractivity contribution is 0.0359. The van der Waals surface area contributed by atoms with Crippen molar-refractivity contribution in [3.63, 3.8) is 0 Å². The van der Waals surface area contributed by atoms with Gasteiger partial charge in [0.05, 0.1) is 13.2 Å². The first kappa shape index (κ1) is 22.2. The highest BCUT2D eigenvalue weighted by Gasteiger charge is 2.37. The van der Waals surface area contributed by atoms with E-state index in [4.69, 9.17) is 4.74 Å². The Morgan fingerprint density at radius 2 is 1.59 bits per heavy atom. The summed E-state index contributed by atoms with van der Waals surface area (Å²) in [6.45, 7) is 3.05. The standard InChI is InChI=1S/C28H29N3O3/c1-34-25-14-8-6-12-22(25)26(31-17-15-30(16-18-31)20-9-3-2-4-10-20)28(33)27(32)23-19-29-24-13-7-5-11-21(23)24/h2-14,19,26,28-29,33H,15-18H2,1H3/t26-,28-/m1/s1. The van der Waals surface area contributed by atoms with Crippen molar-refractivity contribution in [2.45, 2.75) is 12.1 Å². The highest BCUT2D eigenvalue weighted by Crippen LogP contribution is 2.35. The van der Waals surface area contributed by atoms with Gasteiger partial charge in [-0.3, -0.25) is 9.69 Å². The molecule has 1 saturated heterocycles. The third kappa shape index (κ3) is 4.18. The summed E-state index contributed by atoms with van der Waals surface area (Å²) < 4.78 is 5.63. The maximum Gasteiger partial charge on any atom is 0.195 e. The molecular formula is C28H29N3O3. The number of nitrogens with zero attached hydrogens (tertiary/aromatic N) is 2. The Kier molecular flexibility index (Phi) is 6.34. The largest absolute Gasteiger partial charge is 0.496 e. The first-order chi connectivity index (χ1) is 16.7. The topological polar surface area (TPSA) is 68.8 Å². The second-order valence-corrected chi connectivity index (χ2v) is 8.60. The summed E-state index contributed by atoms with van der Waals surface area (Å²) in [5.74, 6) is 0.377. The molecule has 34 heavy (non-hydrogen) atoms. The van der Waals surface area contributed by atoms with Crippen LogP contribution < -0.4 is 9.64 Å². The number of hydrogen-bond donors (Lipinski definition) is 2. The van der Waals surface area contributed by atoms with E-state index >= 15 is 0 Å². The number of methoxy groups -OCH3 is 1. The number of nitrogens with one attached hydrogen (secondary N) is 1. The summed E-state index contributed by atoms with van der Waals surface area (Å²) in [7, 11) is 1.62. The van der Waals surface area contributed by atoms with Gasteiger partial charge in [-0.2, -0.15) is 0 Å². The molecule has 0 aliphatic carbocycles. The number of carbonyl (C=O) groups is 1. The normalized spacial score (nSPS) is 16.4. The zero-order chi connectivity index (χ0) is 23.5. The second kappa shape index (κ2) is 9.71. The van der Waals surface area contributed by atoms with Gasteiger partial charge in [0.2, 0.25) is 0 Å². The van der Waals surface area contributed by atoms with Crippen LogP contribution in [-0.2, 0) is 0 Å². The molecule has 4 aromatic rings. The van der Waals surface area contributed by atoms with E-state index in [0.717, 1.165) is 42.6 Å². The van der Waals surface area contributed by atoms with Crippen molar-refractivity contribution < 1.29 is 14.6 Å². The molecule has 1 aliphatic heterocycles. The van der Waals surface area contributed by atoms with Crippen LogP contribution in [0.3, 0.4) is 0 Å².